The first-order valence-corrected chi connectivity index (χ1v) is 10.6. The van der Waals surface area contributed by atoms with E-state index >= 15 is 0 Å². The lowest BCUT2D eigenvalue weighted by Gasteiger charge is -2.28. The minimum Gasteiger partial charge on any atom is -0.497 e. The van der Waals surface area contributed by atoms with Gasteiger partial charge in [0, 0.05) is 17.1 Å². The zero-order chi connectivity index (χ0) is 23.5. The van der Waals surface area contributed by atoms with Gasteiger partial charge in [-0.25, -0.2) is 9.29 Å². The summed E-state index contributed by atoms with van der Waals surface area (Å²) in [5, 5.41) is 0.429. The number of benzene rings is 3. The zero-order valence-electron chi connectivity index (χ0n) is 17.7. The SMILES string of the molecule is COc1ccc(N2C(=O)CC(N(Cc3ccccc3Cl)C(=O)c3ccc(F)cc3)C2=O)cc1. The van der Waals surface area contributed by atoms with Crippen molar-refractivity contribution in [3.05, 3.63) is 94.8 Å². The van der Waals surface area contributed by atoms with Crippen molar-refractivity contribution >= 4 is 35.0 Å². The third-order valence-electron chi connectivity index (χ3n) is 5.48. The molecule has 0 N–H and O–H groups in total. The Kier molecular flexibility index (Phi) is 6.42. The van der Waals surface area contributed by atoms with Crippen LogP contribution in [0.4, 0.5) is 10.1 Å². The van der Waals surface area contributed by atoms with Crippen molar-refractivity contribution < 1.29 is 23.5 Å². The number of carbonyl (C=O) groups is 3. The average Bonchev–Trinajstić information content (AvgIpc) is 3.12. The third-order valence-corrected chi connectivity index (χ3v) is 5.85. The van der Waals surface area contributed by atoms with Crippen molar-refractivity contribution in [2.24, 2.45) is 0 Å². The highest BCUT2D eigenvalue weighted by Gasteiger charge is 2.44. The summed E-state index contributed by atoms with van der Waals surface area (Å²) < 4.78 is 18.5. The highest BCUT2D eigenvalue weighted by atomic mass is 35.5. The number of carbonyl (C=O) groups excluding carboxylic acids is 3. The smallest absolute Gasteiger partial charge is 0.257 e. The van der Waals surface area contributed by atoms with Gasteiger partial charge in [0.1, 0.15) is 17.6 Å². The molecule has 1 aliphatic rings. The monoisotopic (exact) mass is 466 g/mol. The van der Waals surface area contributed by atoms with Crippen LogP contribution in [0.25, 0.3) is 0 Å². The number of imide groups is 1. The van der Waals surface area contributed by atoms with Crippen LogP contribution in [0.2, 0.25) is 5.02 Å². The Labute approximate surface area is 195 Å². The van der Waals surface area contributed by atoms with Gasteiger partial charge in [-0.15, -0.1) is 0 Å². The molecule has 0 radical (unpaired) electrons. The van der Waals surface area contributed by atoms with E-state index in [0.29, 0.717) is 22.0 Å². The van der Waals surface area contributed by atoms with Gasteiger partial charge in [-0.1, -0.05) is 29.8 Å². The van der Waals surface area contributed by atoms with Gasteiger partial charge in [-0.2, -0.15) is 0 Å². The maximum absolute atomic E-state index is 13.4. The van der Waals surface area contributed by atoms with E-state index in [2.05, 4.69) is 0 Å². The van der Waals surface area contributed by atoms with E-state index in [1.807, 2.05) is 0 Å². The quantitative estimate of drug-likeness (QED) is 0.503. The fourth-order valence-corrected chi connectivity index (χ4v) is 3.95. The number of rotatable bonds is 6. The fourth-order valence-electron chi connectivity index (χ4n) is 3.75. The first-order valence-electron chi connectivity index (χ1n) is 10.2. The largest absolute Gasteiger partial charge is 0.497 e. The van der Waals surface area contributed by atoms with Crippen molar-refractivity contribution in [2.45, 2.75) is 19.0 Å². The van der Waals surface area contributed by atoms with Crippen LogP contribution in [0, 0.1) is 5.82 Å². The second-order valence-corrected chi connectivity index (χ2v) is 7.92. The van der Waals surface area contributed by atoms with Gasteiger partial charge in [-0.3, -0.25) is 14.4 Å². The van der Waals surface area contributed by atoms with E-state index in [1.54, 1.807) is 48.5 Å². The molecule has 1 fully saturated rings. The molecule has 1 heterocycles. The molecule has 33 heavy (non-hydrogen) atoms. The number of hydrogen-bond acceptors (Lipinski definition) is 4. The molecule has 1 saturated heterocycles. The minimum atomic E-state index is -1.03. The van der Waals surface area contributed by atoms with Crippen molar-refractivity contribution in [3.63, 3.8) is 0 Å². The summed E-state index contributed by atoms with van der Waals surface area (Å²) in [6.45, 7) is 0.00994. The Morgan fingerprint density at radius 3 is 2.36 bits per heavy atom. The predicted octanol–water partition coefficient (Wildman–Crippen LogP) is 4.46. The molecule has 8 heteroatoms. The molecular weight excluding hydrogens is 447 g/mol. The standard InChI is InChI=1S/C25H20ClFN2O4/c1-33-20-12-10-19(11-13-20)29-23(30)14-22(25(29)32)28(15-17-4-2-3-5-21(17)26)24(31)16-6-8-18(27)9-7-16/h2-13,22H,14-15H2,1H3. The van der Waals surface area contributed by atoms with Crippen LogP contribution in [0.5, 0.6) is 5.75 Å². The minimum absolute atomic E-state index is 0.00994. The Morgan fingerprint density at radius 2 is 1.73 bits per heavy atom. The van der Waals surface area contributed by atoms with E-state index in [-0.39, 0.29) is 18.5 Å². The van der Waals surface area contributed by atoms with E-state index in [1.165, 1.54) is 36.3 Å². The Hall–Kier alpha value is -3.71. The number of amides is 3. The molecule has 0 aromatic heterocycles. The summed E-state index contributed by atoms with van der Waals surface area (Å²) in [6, 6.07) is 17.5. The molecule has 0 bridgehead atoms. The van der Waals surface area contributed by atoms with E-state index < -0.39 is 29.6 Å². The van der Waals surface area contributed by atoms with Gasteiger partial charge >= 0.3 is 0 Å². The first-order chi connectivity index (χ1) is 15.9. The van der Waals surface area contributed by atoms with Gasteiger partial charge in [0.25, 0.3) is 11.8 Å². The molecular formula is C25H20ClFN2O4. The van der Waals surface area contributed by atoms with Gasteiger partial charge in [0.2, 0.25) is 5.91 Å². The van der Waals surface area contributed by atoms with Gasteiger partial charge in [0.15, 0.2) is 0 Å². The molecule has 1 aliphatic heterocycles. The second kappa shape index (κ2) is 9.42. The lowest BCUT2D eigenvalue weighted by molar-refractivity contribution is -0.122. The summed E-state index contributed by atoms with van der Waals surface area (Å²) >= 11 is 6.30. The summed E-state index contributed by atoms with van der Waals surface area (Å²) in [5.41, 5.74) is 1.21. The van der Waals surface area contributed by atoms with Gasteiger partial charge < -0.3 is 9.64 Å². The molecule has 0 spiro atoms. The number of nitrogens with zero attached hydrogens (tertiary/aromatic N) is 2. The van der Waals surface area contributed by atoms with E-state index in [4.69, 9.17) is 16.3 Å². The van der Waals surface area contributed by atoms with Gasteiger partial charge in [0.05, 0.1) is 19.2 Å². The first kappa shape index (κ1) is 22.5. The number of anilines is 1. The lowest BCUT2D eigenvalue weighted by atomic mass is 10.1. The topological polar surface area (TPSA) is 66.9 Å². The van der Waals surface area contributed by atoms with Crippen LogP contribution in [-0.2, 0) is 16.1 Å². The summed E-state index contributed by atoms with van der Waals surface area (Å²) in [7, 11) is 1.52. The fraction of sp³-hybridized carbons (Fsp3) is 0.160. The number of ether oxygens (including phenoxy) is 1. The van der Waals surface area contributed by atoms with E-state index in [0.717, 1.165) is 4.90 Å². The Morgan fingerprint density at radius 1 is 1.06 bits per heavy atom. The Bertz CT molecular complexity index is 1200. The molecule has 1 unspecified atom stereocenters. The summed E-state index contributed by atoms with van der Waals surface area (Å²) in [5.74, 6) is -1.35. The number of methoxy groups -OCH3 is 1. The molecule has 4 rings (SSSR count). The van der Waals surface area contributed by atoms with Crippen molar-refractivity contribution in [1.29, 1.82) is 0 Å². The molecule has 1 atom stereocenters. The Balaban J connectivity index is 1.69. The second-order valence-electron chi connectivity index (χ2n) is 7.52. The molecule has 0 aliphatic carbocycles. The van der Waals surface area contributed by atoms with Crippen LogP contribution in [0.15, 0.2) is 72.8 Å². The van der Waals surface area contributed by atoms with Crippen LogP contribution >= 0.6 is 11.6 Å². The zero-order valence-corrected chi connectivity index (χ0v) is 18.5. The number of hydrogen-bond donors (Lipinski definition) is 0. The maximum Gasteiger partial charge on any atom is 0.257 e. The summed E-state index contributed by atoms with van der Waals surface area (Å²) in [4.78, 5) is 42.0. The van der Waals surface area contributed by atoms with Crippen LogP contribution < -0.4 is 9.64 Å². The van der Waals surface area contributed by atoms with E-state index in [9.17, 15) is 18.8 Å². The molecule has 3 amide bonds. The molecule has 6 nitrogen and oxygen atoms in total. The van der Waals surface area contributed by atoms with Crippen molar-refractivity contribution in [2.75, 3.05) is 12.0 Å². The third kappa shape index (κ3) is 4.59. The molecule has 168 valence electrons. The molecule has 3 aromatic rings. The van der Waals surface area contributed by atoms with Crippen molar-refractivity contribution in [3.8, 4) is 5.75 Å². The molecule has 0 saturated carbocycles. The highest BCUT2D eigenvalue weighted by molar-refractivity contribution is 6.31. The van der Waals surface area contributed by atoms with Crippen LogP contribution in [0.3, 0.4) is 0 Å². The average molecular weight is 467 g/mol. The van der Waals surface area contributed by atoms with Crippen molar-refractivity contribution in [1.82, 2.24) is 4.90 Å². The maximum atomic E-state index is 13.4. The predicted molar refractivity (Wildman–Crippen MR) is 122 cm³/mol. The van der Waals surface area contributed by atoms with Crippen LogP contribution in [0.1, 0.15) is 22.3 Å². The van der Waals surface area contributed by atoms with Gasteiger partial charge in [-0.05, 0) is 60.2 Å². The summed E-state index contributed by atoms with van der Waals surface area (Å²) in [6.07, 6.45) is -0.178. The lowest BCUT2D eigenvalue weighted by Crippen LogP contribution is -2.45. The number of halogens is 2. The molecule has 3 aromatic carbocycles. The highest BCUT2D eigenvalue weighted by Crippen LogP contribution is 2.30. The normalized spacial score (nSPS) is 15.6. The van der Waals surface area contributed by atoms with Crippen LogP contribution in [-0.4, -0.2) is 35.8 Å².